The van der Waals surface area contributed by atoms with Crippen molar-refractivity contribution in [2.75, 3.05) is 0 Å². The molecule has 2 aliphatic rings. The maximum Gasteiger partial charge on any atom is 0.335 e. The van der Waals surface area contributed by atoms with Crippen LogP contribution in [-0.4, -0.2) is 11.9 Å². The Labute approximate surface area is 209 Å². The third-order valence-corrected chi connectivity index (χ3v) is 7.19. The van der Waals surface area contributed by atoms with Crippen molar-refractivity contribution in [2.24, 2.45) is 0 Å². The molecule has 4 nitrogen and oxygen atoms in total. The Hall–Kier alpha value is -4.44. The Kier molecular flexibility index (Phi) is 5.49. The van der Waals surface area contributed by atoms with Crippen LogP contribution in [0, 0.1) is 0 Å². The van der Waals surface area contributed by atoms with Crippen molar-refractivity contribution in [3.63, 3.8) is 0 Å². The van der Waals surface area contributed by atoms with E-state index in [2.05, 4.69) is 36.4 Å². The predicted octanol–water partition coefficient (Wildman–Crippen LogP) is 6.37. The van der Waals surface area contributed by atoms with Crippen LogP contribution in [0.15, 0.2) is 121 Å². The van der Waals surface area contributed by atoms with Gasteiger partial charge in [0.2, 0.25) is 0 Å². The fourth-order valence-electron chi connectivity index (χ4n) is 5.49. The molecule has 36 heavy (non-hydrogen) atoms. The fraction of sp³-hybridized carbons (Fsp3) is 0.125. The first kappa shape index (κ1) is 22.1. The van der Waals surface area contributed by atoms with Crippen molar-refractivity contribution < 1.29 is 19.1 Å². The van der Waals surface area contributed by atoms with Gasteiger partial charge in [-0.2, -0.15) is 0 Å². The van der Waals surface area contributed by atoms with E-state index in [0.717, 1.165) is 22.3 Å². The third kappa shape index (κ3) is 3.54. The molecule has 0 N–H and O–H groups in total. The van der Waals surface area contributed by atoms with E-state index in [9.17, 15) is 9.59 Å². The molecule has 176 valence electrons. The zero-order chi connectivity index (χ0) is 24.5. The van der Waals surface area contributed by atoms with E-state index in [0.29, 0.717) is 23.3 Å². The highest BCUT2D eigenvalue weighted by Gasteiger charge is 2.61. The standard InChI is InChI=1S/C32H24O4/c33-30(35-21-22-9-3-1-4-10-22)28-20-19-26(32(28)27-13-7-8-14-29(27)36-31(32)34)25-17-15-24(16-18-25)23-11-5-2-6-12-23/h1-18,20,26H,19,21H2. The molecular formula is C32H24O4. The number of fused-ring (bicyclic) bond motifs is 2. The summed E-state index contributed by atoms with van der Waals surface area (Å²) in [5.74, 6) is -0.702. The summed E-state index contributed by atoms with van der Waals surface area (Å²) in [5.41, 5.74) is 3.92. The van der Waals surface area contributed by atoms with E-state index in [-0.39, 0.29) is 12.5 Å². The van der Waals surface area contributed by atoms with Gasteiger partial charge in [-0.15, -0.1) is 0 Å². The molecule has 0 aromatic heterocycles. The molecular weight excluding hydrogens is 448 g/mol. The summed E-state index contributed by atoms with van der Waals surface area (Å²) >= 11 is 0. The van der Waals surface area contributed by atoms with Crippen molar-refractivity contribution in [1.29, 1.82) is 0 Å². The third-order valence-electron chi connectivity index (χ3n) is 7.19. The summed E-state index contributed by atoms with van der Waals surface area (Å²) in [6, 6.07) is 35.3. The summed E-state index contributed by atoms with van der Waals surface area (Å²) in [6.07, 6.45) is 2.39. The van der Waals surface area contributed by atoms with Gasteiger partial charge in [-0.25, -0.2) is 4.79 Å². The molecule has 0 saturated carbocycles. The summed E-state index contributed by atoms with van der Waals surface area (Å²) in [6.45, 7) is 0.139. The Morgan fingerprint density at radius 3 is 2.19 bits per heavy atom. The molecule has 0 bridgehead atoms. The summed E-state index contributed by atoms with van der Waals surface area (Å²) < 4.78 is 11.5. The molecule has 0 fully saturated rings. The zero-order valence-corrected chi connectivity index (χ0v) is 19.6. The number of rotatable bonds is 5. The number of hydrogen-bond acceptors (Lipinski definition) is 4. The van der Waals surface area contributed by atoms with Crippen LogP contribution in [0.4, 0.5) is 0 Å². The molecule has 2 unspecified atom stereocenters. The molecule has 0 saturated heterocycles. The van der Waals surface area contributed by atoms with Gasteiger partial charge in [-0.1, -0.05) is 109 Å². The predicted molar refractivity (Wildman–Crippen MR) is 137 cm³/mol. The van der Waals surface area contributed by atoms with Crippen LogP contribution in [0.1, 0.15) is 29.0 Å². The van der Waals surface area contributed by atoms with Gasteiger partial charge < -0.3 is 9.47 Å². The number of carbonyl (C=O) groups is 2. The average molecular weight is 473 g/mol. The van der Waals surface area contributed by atoms with Gasteiger partial charge in [0.05, 0.1) is 5.57 Å². The highest BCUT2D eigenvalue weighted by Crippen LogP contribution is 2.57. The van der Waals surface area contributed by atoms with E-state index in [1.54, 1.807) is 6.07 Å². The van der Waals surface area contributed by atoms with Gasteiger partial charge in [0.25, 0.3) is 0 Å². The topological polar surface area (TPSA) is 52.6 Å². The normalized spacial score (nSPS) is 20.1. The van der Waals surface area contributed by atoms with Crippen molar-refractivity contribution >= 4 is 11.9 Å². The maximum atomic E-state index is 13.6. The lowest BCUT2D eigenvalue weighted by atomic mass is 9.67. The first-order chi connectivity index (χ1) is 17.7. The van der Waals surface area contributed by atoms with E-state index >= 15 is 0 Å². The average Bonchev–Trinajstić information content (AvgIpc) is 3.47. The van der Waals surface area contributed by atoms with Crippen LogP contribution in [0.5, 0.6) is 5.75 Å². The molecule has 4 aromatic carbocycles. The summed E-state index contributed by atoms with van der Waals surface area (Å²) in [7, 11) is 0. The number of benzene rings is 4. The zero-order valence-electron chi connectivity index (χ0n) is 19.6. The second kappa shape index (κ2) is 8.97. The van der Waals surface area contributed by atoms with E-state index in [1.165, 1.54) is 0 Å². The molecule has 6 rings (SSSR count). The SMILES string of the molecule is O=C(OCc1ccccc1)C1=CCC(c2ccc(-c3ccccc3)cc2)C12C(=O)Oc1ccccc12. The lowest BCUT2D eigenvalue weighted by Gasteiger charge is -2.31. The van der Waals surface area contributed by atoms with Gasteiger partial charge in [0.15, 0.2) is 0 Å². The fourth-order valence-corrected chi connectivity index (χ4v) is 5.49. The Balaban J connectivity index is 1.38. The highest BCUT2D eigenvalue weighted by molar-refractivity contribution is 6.07. The number of carbonyl (C=O) groups excluding carboxylic acids is 2. The summed E-state index contributed by atoms with van der Waals surface area (Å²) in [5, 5.41) is 0. The van der Waals surface area contributed by atoms with Crippen LogP contribution in [-0.2, 0) is 26.3 Å². The van der Waals surface area contributed by atoms with Gasteiger partial charge in [-0.05, 0) is 34.7 Å². The number of hydrogen-bond donors (Lipinski definition) is 0. The summed E-state index contributed by atoms with van der Waals surface area (Å²) in [4.78, 5) is 27.1. The van der Waals surface area contributed by atoms with E-state index < -0.39 is 17.4 Å². The molecule has 1 aliphatic carbocycles. The quantitative estimate of drug-likeness (QED) is 0.250. The maximum absolute atomic E-state index is 13.6. The van der Waals surface area contributed by atoms with Crippen LogP contribution >= 0.6 is 0 Å². The van der Waals surface area contributed by atoms with E-state index in [4.69, 9.17) is 9.47 Å². The van der Waals surface area contributed by atoms with Gasteiger partial charge in [0, 0.05) is 11.5 Å². The smallest absolute Gasteiger partial charge is 0.335 e. The number of para-hydroxylation sites is 1. The minimum absolute atomic E-state index is 0.139. The van der Waals surface area contributed by atoms with Crippen LogP contribution < -0.4 is 4.74 Å². The van der Waals surface area contributed by atoms with Gasteiger partial charge in [0.1, 0.15) is 17.8 Å². The molecule has 1 spiro atoms. The molecule has 4 heteroatoms. The largest absolute Gasteiger partial charge is 0.457 e. The van der Waals surface area contributed by atoms with Crippen LogP contribution in [0.25, 0.3) is 11.1 Å². The second-order valence-electron chi connectivity index (χ2n) is 9.15. The van der Waals surface area contributed by atoms with Crippen LogP contribution in [0.2, 0.25) is 0 Å². The number of esters is 2. The first-order valence-corrected chi connectivity index (χ1v) is 12.1. The van der Waals surface area contributed by atoms with Crippen molar-refractivity contribution in [3.8, 4) is 16.9 Å². The molecule has 4 aromatic rings. The Morgan fingerprint density at radius 2 is 1.44 bits per heavy atom. The monoisotopic (exact) mass is 472 g/mol. The number of ether oxygens (including phenoxy) is 2. The number of allylic oxidation sites excluding steroid dienone is 1. The van der Waals surface area contributed by atoms with Gasteiger partial charge >= 0.3 is 11.9 Å². The van der Waals surface area contributed by atoms with Crippen LogP contribution in [0.3, 0.4) is 0 Å². The second-order valence-corrected chi connectivity index (χ2v) is 9.15. The molecule has 0 amide bonds. The first-order valence-electron chi connectivity index (χ1n) is 12.1. The lowest BCUT2D eigenvalue weighted by molar-refractivity contribution is -0.145. The minimum Gasteiger partial charge on any atom is -0.457 e. The van der Waals surface area contributed by atoms with E-state index in [1.807, 2.05) is 72.8 Å². The van der Waals surface area contributed by atoms with Crippen molar-refractivity contribution in [1.82, 2.24) is 0 Å². The lowest BCUT2D eigenvalue weighted by Crippen LogP contribution is -2.41. The molecule has 1 aliphatic heterocycles. The molecule has 0 radical (unpaired) electrons. The van der Waals surface area contributed by atoms with Crippen molar-refractivity contribution in [2.45, 2.75) is 24.4 Å². The van der Waals surface area contributed by atoms with Gasteiger partial charge in [-0.3, -0.25) is 4.79 Å². The minimum atomic E-state index is -1.24. The Morgan fingerprint density at radius 1 is 0.806 bits per heavy atom. The molecule has 2 atom stereocenters. The Bertz CT molecular complexity index is 1460. The molecule has 1 heterocycles. The highest BCUT2D eigenvalue weighted by atomic mass is 16.5. The van der Waals surface area contributed by atoms with Crippen molar-refractivity contribution in [3.05, 3.63) is 138 Å².